The molecule has 0 N–H and O–H groups in total. The van der Waals surface area contributed by atoms with Crippen molar-refractivity contribution in [3.8, 4) is 0 Å². The second-order valence-electron chi connectivity index (χ2n) is 9.62. The van der Waals surface area contributed by atoms with Gasteiger partial charge in [-0.1, -0.05) is 59.1 Å². The number of likely N-dealkylation sites (tertiary alicyclic amines) is 1. The number of amides is 2. The van der Waals surface area contributed by atoms with Crippen LogP contribution >= 0.6 is 31.9 Å². The van der Waals surface area contributed by atoms with Gasteiger partial charge in [-0.25, -0.2) is 0 Å². The van der Waals surface area contributed by atoms with Gasteiger partial charge in [-0.15, -0.1) is 0 Å². The van der Waals surface area contributed by atoms with E-state index in [0.29, 0.717) is 17.8 Å². The van der Waals surface area contributed by atoms with Crippen LogP contribution < -0.4 is 0 Å². The number of hydrogen-bond acceptors (Lipinski definition) is 4. The Morgan fingerprint density at radius 1 is 1.07 bits per heavy atom. The first-order chi connectivity index (χ1) is 13.2. The number of alkyl halides is 2. The van der Waals surface area contributed by atoms with Crippen molar-refractivity contribution in [2.24, 2.45) is 41.4 Å². The van der Waals surface area contributed by atoms with Crippen molar-refractivity contribution in [1.29, 1.82) is 0 Å². The standard InChI is InChI=1S/C21H29Br2NO4/c1-9(2)11-5-4-10(3)6-14(11)28-15(25)8-24-20(26)16-12-7-13(17(16)21(24)27)19(23)18(12)22/h9-14,16-19H,4-8H2,1-3H3/t10?,11?,12-,13+,14?,16+,17-,18?,19?. The van der Waals surface area contributed by atoms with E-state index < -0.39 is 5.97 Å². The monoisotopic (exact) mass is 517 g/mol. The molecule has 4 fully saturated rings. The quantitative estimate of drug-likeness (QED) is 0.323. The lowest BCUT2D eigenvalue weighted by Crippen LogP contribution is -2.41. The molecule has 0 aromatic heterocycles. The zero-order valence-corrected chi connectivity index (χ0v) is 19.8. The maximum absolute atomic E-state index is 13.0. The molecule has 4 rings (SSSR count). The van der Waals surface area contributed by atoms with Gasteiger partial charge in [-0.05, 0) is 48.9 Å². The lowest BCUT2D eigenvalue weighted by Gasteiger charge is -2.36. The Labute approximate surface area is 183 Å². The van der Waals surface area contributed by atoms with Gasteiger partial charge in [-0.2, -0.15) is 0 Å². The smallest absolute Gasteiger partial charge is 0.326 e. The Morgan fingerprint density at radius 3 is 2.18 bits per heavy atom. The minimum Gasteiger partial charge on any atom is -0.461 e. The van der Waals surface area contributed by atoms with Crippen LogP contribution in [0.1, 0.15) is 46.5 Å². The SMILES string of the molecule is CC1CCC(C(C)C)C(OC(=O)CN2C(=O)[C@@H]3[C@H](C2=O)[C@@H]2C[C@H]3C(Br)C2Br)C1. The summed E-state index contributed by atoms with van der Waals surface area (Å²) in [5.74, 6) is 0.312. The molecule has 156 valence electrons. The highest BCUT2D eigenvalue weighted by Gasteiger charge is 2.66. The Bertz CT molecular complexity index is 651. The van der Waals surface area contributed by atoms with Crippen molar-refractivity contribution < 1.29 is 19.1 Å². The molecule has 5 unspecified atom stereocenters. The van der Waals surface area contributed by atoms with Crippen molar-refractivity contribution in [3.63, 3.8) is 0 Å². The van der Waals surface area contributed by atoms with Gasteiger partial charge in [-0.3, -0.25) is 19.3 Å². The summed E-state index contributed by atoms with van der Waals surface area (Å²) in [5.41, 5.74) is 0. The second kappa shape index (κ2) is 7.68. The molecule has 0 aromatic rings. The molecule has 2 amide bonds. The maximum atomic E-state index is 13.0. The fourth-order valence-corrected chi connectivity index (χ4v) is 8.03. The minimum absolute atomic E-state index is 0.112. The van der Waals surface area contributed by atoms with Gasteiger partial charge in [0.25, 0.3) is 0 Å². The van der Waals surface area contributed by atoms with E-state index in [0.717, 1.165) is 25.7 Å². The van der Waals surface area contributed by atoms with E-state index >= 15 is 0 Å². The van der Waals surface area contributed by atoms with Crippen molar-refractivity contribution in [2.75, 3.05) is 6.54 Å². The number of ether oxygens (including phenoxy) is 1. The summed E-state index contributed by atoms with van der Waals surface area (Å²) in [7, 11) is 0. The molecule has 0 spiro atoms. The summed E-state index contributed by atoms with van der Waals surface area (Å²) in [6.07, 6.45) is 3.87. The largest absolute Gasteiger partial charge is 0.461 e. The Morgan fingerprint density at radius 2 is 1.64 bits per heavy atom. The minimum atomic E-state index is -0.440. The molecule has 9 atom stereocenters. The highest BCUT2D eigenvalue weighted by atomic mass is 79.9. The molecule has 4 aliphatic rings. The number of imide groups is 1. The highest BCUT2D eigenvalue weighted by molar-refractivity contribution is 9.12. The second-order valence-corrected chi connectivity index (χ2v) is 11.7. The lowest BCUT2D eigenvalue weighted by atomic mass is 9.75. The molecule has 7 heteroatoms. The van der Waals surface area contributed by atoms with Gasteiger partial charge in [0.15, 0.2) is 0 Å². The van der Waals surface area contributed by atoms with Crippen LogP contribution in [0.2, 0.25) is 0 Å². The first-order valence-corrected chi connectivity index (χ1v) is 12.4. The zero-order valence-electron chi connectivity index (χ0n) is 16.6. The van der Waals surface area contributed by atoms with Crippen LogP contribution in [-0.2, 0) is 19.1 Å². The number of nitrogens with zero attached hydrogens (tertiary/aromatic N) is 1. The first-order valence-electron chi connectivity index (χ1n) is 10.5. The number of hydrogen-bond donors (Lipinski definition) is 0. The maximum Gasteiger partial charge on any atom is 0.326 e. The fraction of sp³-hybridized carbons (Fsp3) is 0.857. The van der Waals surface area contributed by atoms with Gasteiger partial charge in [0.2, 0.25) is 11.8 Å². The molecule has 0 radical (unpaired) electrons. The van der Waals surface area contributed by atoms with E-state index in [9.17, 15) is 14.4 Å². The number of esters is 1. The van der Waals surface area contributed by atoms with Crippen LogP contribution in [0.3, 0.4) is 0 Å². The van der Waals surface area contributed by atoms with Crippen LogP contribution in [-0.4, -0.2) is 45.0 Å². The summed E-state index contributed by atoms with van der Waals surface area (Å²) >= 11 is 7.37. The van der Waals surface area contributed by atoms with Gasteiger partial charge >= 0.3 is 5.97 Å². The van der Waals surface area contributed by atoms with Crippen molar-refractivity contribution in [3.05, 3.63) is 0 Å². The Kier molecular flexibility index (Phi) is 5.71. The summed E-state index contributed by atoms with van der Waals surface area (Å²) in [6.45, 7) is 6.29. The topological polar surface area (TPSA) is 63.7 Å². The van der Waals surface area contributed by atoms with Gasteiger partial charge in [0, 0.05) is 9.65 Å². The molecule has 0 aromatic carbocycles. The molecular weight excluding hydrogens is 490 g/mol. The highest BCUT2D eigenvalue weighted by Crippen LogP contribution is 2.60. The van der Waals surface area contributed by atoms with Crippen molar-refractivity contribution >= 4 is 49.6 Å². The molecule has 1 aliphatic heterocycles. The van der Waals surface area contributed by atoms with Crippen LogP contribution in [0.25, 0.3) is 0 Å². The predicted octanol–water partition coefficient (Wildman–Crippen LogP) is 3.77. The van der Waals surface area contributed by atoms with Gasteiger partial charge in [0.05, 0.1) is 11.8 Å². The van der Waals surface area contributed by atoms with E-state index in [1.54, 1.807) is 0 Å². The summed E-state index contributed by atoms with van der Waals surface area (Å²) in [5, 5.41) is 0. The average Bonchev–Trinajstić information content (AvgIpc) is 3.22. The number of carbonyl (C=O) groups excluding carboxylic acids is 3. The first kappa shape index (κ1) is 20.8. The van der Waals surface area contributed by atoms with E-state index in [1.165, 1.54) is 4.90 Å². The number of halogens is 2. The lowest BCUT2D eigenvalue weighted by molar-refractivity contribution is -0.162. The molecule has 28 heavy (non-hydrogen) atoms. The predicted molar refractivity (Wildman–Crippen MR) is 112 cm³/mol. The third kappa shape index (κ3) is 3.28. The average molecular weight is 519 g/mol. The fourth-order valence-electron chi connectivity index (χ4n) is 6.15. The number of fused-ring (bicyclic) bond motifs is 5. The van der Waals surface area contributed by atoms with Crippen molar-refractivity contribution in [2.45, 2.75) is 62.2 Å². The third-order valence-corrected chi connectivity index (χ3v) is 10.8. The molecular formula is C21H29Br2NO4. The third-order valence-electron chi connectivity index (χ3n) is 7.61. The molecule has 3 saturated carbocycles. The summed E-state index contributed by atoms with van der Waals surface area (Å²) in [6, 6.07) is 0. The molecule has 5 nitrogen and oxygen atoms in total. The van der Waals surface area contributed by atoms with Crippen LogP contribution in [0, 0.1) is 41.4 Å². The zero-order chi connectivity index (χ0) is 20.3. The van der Waals surface area contributed by atoms with Crippen molar-refractivity contribution in [1.82, 2.24) is 4.90 Å². The van der Waals surface area contributed by atoms with Gasteiger partial charge in [0.1, 0.15) is 12.6 Å². The van der Waals surface area contributed by atoms with E-state index in [4.69, 9.17) is 4.74 Å². The van der Waals surface area contributed by atoms with Crippen LogP contribution in [0.5, 0.6) is 0 Å². The molecule has 2 bridgehead atoms. The Balaban J connectivity index is 1.43. The summed E-state index contributed by atoms with van der Waals surface area (Å²) < 4.78 is 5.82. The molecule has 1 saturated heterocycles. The van der Waals surface area contributed by atoms with Crippen LogP contribution in [0.15, 0.2) is 0 Å². The number of rotatable bonds is 4. The summed E-state index contributed by atoms with van der Waals surface area (Å²) in [4.78, 5) is 40.2. The number of carbonyl (C=O) groups is 3. The van der Waals surface area contributed by atoms with E-state index in [2.05, 4.69) is 52.6 Å². The normalized spacial score (nSPS) is 45.1. The van der Waals surface area contributed by atoms with Crippen LogP contribution in [0.4, 0.5) is 0 Å². The Hall–Kier alpha value is -0.430. The van der Waals surface area contributed by atoms with Gasteiger partial charge < -0.3 is 4.74 Å². The molecule has 1 heterocycles. The van der Waals surface area contributed by atoms with E-state index in [-0.39, 0.29) is 57.8 Å². The molecule has 3 aliphatic carbocycles. The van der Waals surface area contributed by atoms with E-state index in [1.807, 2.05) is 0 Å².